The summed E-state index contributed by atoms with van der Waals surface area (Å²) in [5.41, 5.74) is 0.0865. The molecule has 0 radical (unpaired) electrons. The van der Waals surface area contributed by atoms with E-state index in [4.69, 9.17) is 4.74 Å². The minimum absolute atomic E-state index is 0.245. The van der Waals surface area contributed by atoms with E-state index in [0.29, 0.717) is 6.61 Å². The van der Waals surface area contributed by atoms with Gasteiger partial charge < -0.3 is 4.74 Å². The summed E-state index contributed by atoms with van der Waals surface area (Å²) in [6.45, 7) is 6.89. The fraction of sp³-hybridized carbons (Fsp3) is 0.500. The first-order valence-corrected chi connectivity index (χ1v) is 7.02. The average molecular weight is 314 g/mol. The van der Waals surface area contributed by atoms with Crippen molar-refractivity contribution < 1.29 is 9.53 Å². The fourth-order valence-electron chi connectivity index (χ4n) is 1.79. The summed E-state index contributed by atoms with van der Waals surface area (Å²) in [7, 11) is 0. The smallest absolute Gasteiger partial charge is 0.330 e. The number of carbonyl (C=O) groups excluding carboxylic acids is 1. The Hall–Kier alpha value is -0.870. The van der Waals surface area contributed by atoms with E-state index in [2.05, 4.69) is 28.2 Å². The van der Waals surface area contributed by atoms with Gasteiger partial charge in [0.15, 0.2) is 0 Å². The van der Waals surface area contributed by atoms with Crippen molar-refractivity contribution in [1.29, 1.82) is 0 Å². The van der Waals surface area contributed by atoms with Gasteiger partial charge in [-0.15, -0.1) is 0 Å². The van der Waals surface area contributed by atoms with Gasteiger partial charge in [-0.25, -0.2) is 4.79 Å². The summed E-state index contributed by atoms with van der Waals surface area (Å²) in [6.07, 6.45) is 0.958. The lowest BCUT2D eigenvalue weighted by Gasteiger charge is -2.30. The first kappa shape index (κ1) is 15.2. The number of rotatable bonds is 6. The SMILES string of the molecule is CCCNC(C)(C(=O)OCC)c1ccccc1Br. The van der Waals surface area contributed by atoms with Crippen LogP contribution in [0.2, 0.25) is 0 Å². The molecule has 4 heteroatoms. The molecule has 0 heterocycles. The zero-order chi connectivity index (χ0) is 13.6. The molecule has 1 aromatic rings. The highest BCUT2D eigenvalue weighted by atomic mass is 79.9. The molecule has 18 heavy (non-hydrogen) atoms. The zero-order valence-electron chi connectivity index (χ0n) is 11.1. The number of hydrogen-bond acceptors (Lipinski definition) is 3. The minimum atomic E-state index is -0.813. The van der Waals surface area contributed by atoms with Crippen LogP contribution in [0.4, 0.5) is 0 Å². The lowest BCUT2D eigenvalue weighted by atomic mass is 9.92. The molecule has 0 aromatic heterocycles. The van der Waals surface area contributed by atoms with Crippen molar-refractivity contribution in [2.24, 2.45) is 0 Å². The summed E-state index contributed by atoms with van der Waals surface area (Å²) >= 11 is 3.50. The van der Waals surface area contributed by atoms with E-state index in [1.54, 1.807) is 0 Å². The van der Waals surface area contributed by atoms with Crippen LogP contribution in [0.15, 0.2) is 28.7 Å². The molecule has 0 aliphatic carbocycles. The maximum Gasteiger partial charge on any atom is 0.330 e. The molecule has 1 N–H and O–H groups in total. The van der Waals surface area contributed by atoms with E-state index in [1.807, 2.05) is 38.1 Å². The first-order chi connectivity index (χ1) is 8.56. The maximum absolute atomic E-state index is 12.2. The maximum atomic E-state index is 12.2. The highest BCUT2D eigenvalue weighted by Gasteiger charge is 2.37. The normalized spacial score (nSPS) is 14.0. The zero-order valence-corrected chi connectivity index (χ0v) is 12.7. The van der Waals surface area contributed by atoms with Crippen LogP contribution in [0.1, 0.15) is 32.8 Å². The molecule has 3 nitrogen and oxygen atoms in total. The minimum Gasteiger partial charge on any atom is -0.464 e. The van der Waals surface area contributed by atoms with Crippen LogP contribution in [0, 0.1) is 0 Å². The van der Waals surface area contributed by atoms with Gasteiger partial charge in [0.25, 0.3) is 0 Å². The molecular weight excluding hydrogens is 294 g/mol. The van der Waals surface area contributed by atoms with Gasteiger partial charge in [0, 0.05) is 4.47 Å². The van der Waals surface area contributed by atoms with Gasteiger partial charge in [-0.05, 0) is 38.4 Å². The Morgan fingerprint density at radius 1 is 1.39 bits per heavy atom. The van der Waals surface area contributed by atoms with Crippen molar-refractivity contribution in [3.05, 3.63) is 34.3 Å². The van der Waals surface area contributed by atoms with E-state index >= 15 is 0 Å². The predicted molar refractivity (Wildman–Crippen MR) is 76.4 cm³/mol. The van der Waals surface area contributed by atoms with Gasteiger partial charge in [-0.3, -0.25) is 5.32 Å². The van der Waals surface area contributed by atoms with Crippen molar-refractivity contribution in [2.45, 2.75) is 32.7 Å². The van der Waals surface area contributed by atoms with Crippen LogP contribution in [-0.4, -0.2) is 19.1 Å². The Balaban J connectivity index is 3.11. The molecule has 0 saturated carbocycles. The molecular formula is C14H20BrNO2. The van der Waals surface area contributed by atoms with Gasteiger partial charge in [-0.2, -0.15) is 0 Å². The largest absolute Gasteiger partial charge is 0.464 e. The van der Waals surface area contributed by atoms with Gasteiger partial charge in [0.2, 0.25) is 0 Å². The summed E-state index contributed by atoms with van der Waals surface area (Å²) in [6, 6.07) is 7.72. The highest BCUT2D eigenvalue weighted by Crippen LogP contribution is 2.29. The number of nitrogens with one attached hydrogen (secondary N) is 1. The molecule has 0 aliphatic rings. The Labute approximate surface area is 117 Å². The molecule has 0 fully saturated rings. The predicted octanol–water partition coefficient (Wildman–Crippen LogP) is 3.23. The summed E-state index contributed by atoms with van der Waals surface area (Å²) < 4.78 is 6.10. The fourth-order valence-corrected chi connectivity index (χ4v) is 2.48. The van der Waals surface area contributed by atoms with Crippen LogP contribution in [0.5, 0.6) is 0 Å². The Morgan fingerprint density at radius 2 is 2.06 bits per heavy atom. The number of carbonyl (C=O) groups is 1. The lowest BCUT2D eigenvalue weighted by molar-refractivity contribution is -0.151. The van der Waals surface area contributed by atoms with Crippen molar-refractivity contribution >= 4 is 21.9 Å². The van der Waals surface area contributed by atoms with Gasteiger partial charge in [0.05, 0.1) is 6.61 Å². The van der Waals surface area contributed by atoms with E-state index in [0.717, 1.165) is 23.0 Å². The molecule has 0 amide bonds. The lowest BCUT2D eigenvalue weighted by Crippen LogP contribution is -2.48. The molecule has 0 bridgehead atoms. The van der Waals surface area contributed by atoms with E-state index in [1.165, 1.54) is 0 Å². The topological polar surface area (TPSA) is 38.3 Å². The molecule has 0 spiro atoms. The summed E-state index contributed by atoms with van der Waals surface area (Å²) in [4.78, 5) is 12.2. The van der Waals surface area contributed by atoms with Crippen molar-refractivity contribution in [1.82, 2.24) is 5.32 Å². The number of ether oxygens (including phenoxy) is 1. The molecule has 1 unspecified atom stereocenters. The number of hydrogen-bond donors (Lipinski definition) is 1. The first-order valence-electron chi connectivity index (χ1n) is 6.23. The van der Waals surface area contributed by atoms with Crippen LogP contribution in [0.3, 0.4) is 0 Å². The highest BCUT2D eigenvalue weighted by molar-refractivity contribution is 9.10. The molecule has 1 rings (SSSR count). The Morgan fingerprint density at radius 3 is 2.61 bits per heavy atom. The van der Waals surface area contributed by atoms with E-state index in [-0.39, 0.29) is 5.97 Å². The van der Waals surface area contributed by atoms with E-state index < -0.39 is 5.54 Å². The quantitative estimate of drug-likeness (QED) is 0.819. The molecule has 100 valence electrons. The molecule has 1 atom stereocenters. The number of benzene rings is 1. The standard InChI is InChI=1S/C14H20BrNO2/c1-4-10-16-14(3,13(17)18-5-2)11-8-6-7-9-12(11)15/h6-9,16H,4-5,10H2,1-3H3. The number of esters is 1. The summed E-state index contributed by atoms with van der Waals surface area (Å²) in [5, 5.41) is 3.28. The molecule has 0 aliphatic heterocycles. The average Bonchev–Trinajstić information content (AvgIpc) is 2.36. The third kappa shape index (κ3) is 3.33. The van der Waals surface area contributed by atoms with E-state index in [9.17, 15) is 4.79 Å². The second-order valence-corrected chi connectivity index (χ2v) is 5.11. The van der Waals surface area contributed by atoms with Crippen LogP contribution < -0.4 is 5.32 Å². The third-order valence-electron chi connectivity index (χ3n) is 2.82. The van der Waals surface area contributed by atoms with Crippen molar-refractivity contribution in [3.8, 4) is 0 Å². The van der Waals surface area contributed by atoms with Crippen LogP contribution in [-0.2, 0) is 15.1 Å². The molecule has 0 saturated heterocycles. The Bertz CT molecular complexity index is 409. The van der Waals surface area contributed by atoms with Crippen LogP contribution >= 0.6 is 15.9 Å². The van der Waals surface area contributed by atoms with Gasteiger partial charge in [-0.1, -0.05) is 41.1 Å². The second-order valence-electron chi connectivity index (χ2n) is 4.25. The summed E-state index contributed by atoms with van der Waals surface area (Å²) in [5.74, 6) is -0.245. The van der Waals surface area contributed by atoms with Gasteiger partial charge in [0.1, 0.15) is 5.54 Å². The Kier molecular flexibility index (Phi) is 5.82. The van der Waals surface area contributed by atoms with Crippen molar-refractivity contribution in [2.75, 3.05) is 13.2 Å². The van der Waals surface area contributed by atoms with Crippen LogP contribution in [0.25, 0.3) is 0 Å². The monoisotopic (exact) mass is 313 g/mol. The second kappa shape index (κ2) is 6.90. The molecule has 1 aromatic carbocycles. The number of halogens is 1. The third-order valence-corrected chi connectivity index (χ3v) is 3.52. The van der Waals surface area contributed by atoms with Crippen molar-refractivity contribution in [3.63, 3.8) is 0 Å². The van der Waals surface area contributed by atoms with Gasteiger partial charge >= 0.3 is 5.97 Å².